The summed E-state index contributed by atoms with van der Waals surface area (Å²) in [7, 11) is 0. The smallest absolute Gasteiger partial charge is 0.339 e. The van der Waals surface area contributed by atoms with Crippen molar-refractivity contribution in [3.05, 3.63) is 40.9 Å². The third kappa shape index (κ3) is 7.01. The first-order valence-electron chi connectivity index (χ1n) is 10.4. The molecule has 0 aliphatic heterocycles. The van der Waals surface area contributed by atoms with Crippen LogP contribution in [-0.4, -0.2) is 45.2 Å². The Balaban J connectivity index is 2.44. The third-order valence-corrected chi connectivity index (χ3v) is 5.12. The highest BCUT2D eigenvalue weighted by molar-refractivity contribution is 6.29. The highest BCUT2D eigenvalue weighted by Gasteiger charge is 2.37. The van der Waals surface area contributed by atoms with Gasteiger partial charge in [0, 0.05) is 12.1 Å². The lowest BCUT2D eigenvalue weighted by molar-refractivity contribution is -0.149. The highest BCUT2D eigenvalue weighted by atomic mass is 35.5. The SMILES string of the molecule is CCC[C@@H](CC)N(C(=O)Nc1cc(Cl)ncn1)c1nc(C(=O)N[C@H](C)C(F)(F)F)ccc1C. The molecule has 0 unspecified atom stereocenters. The molecule has 180 valence electrons. The largest absolute Gasteiger partial charge is 0.408 e. The van der Waals surface area contributed by atoms with Crippen molar-refractivity contribution in [1.29, 1.82) is 0 Å². The van der Waals surface area contributed by atoms with Crippen molar-refractivity contribution in [2.75, 3.05) is 10.2 Å². The van der Waals surface area contributed by atoms with Crippen molar-refractivity contribution >= 4 is 35.2 Å². The van der Waals surface area contributed by atoms with Crippen LogP contribution < -0.4 is 15.5 Å². The molecule has 12 heteroatoms. The second-order valence-electron chi connectivity index (χ2n) is 7.45. The van der Waals surface area contributed by atoms with Crippen molar-refractivity contribution in [2.45, 2.75) is 65.2 Å². The maximum Gasteiger partial charge on any atom is 0.408 e. The molecule has 0 radical (unpaired) electrons. The number of halogens is 4. The standard InChI is InChI=1S/C21H26ClF3N6O2/c1-5-7-14(6-2)31(20(33)30-17-10-16(22)26-11-27-17)18-12(3)8-9-15(29-18)19(32)28-13(4)21(23,24)25/h8-11,13-14H,5-7H2,1-4H3,(H,28,32)(H,26,27,30,33)/t13-,14-/m1/s1. The van der Waals surface area contributed by atoms with Gasteiger partial charge < -0.3 is 5.32 Å². The van der Waals surface area contributed by atoms with E-state index in [9.17, 15) is 22.8 Å². The van der Waals surface area contributed by atoms with Crippen molar-refractivity contribution in [1.82, 2.24) is 20.3 Å². The molecule has 0 saturated heterocycles. The van der Waals surface area contributed by atoms with Gasteiger partial charge >= 0.3 is 12.2 Å². The number of nitrogens with zero attached hydrogens (tertiary/aromatic N) is 4. The molecule has 0 saturated carbocycles. The maximum absolute atomic E-state index is 13.3. The third-order valence-electron chi connectivity index (χ3n) is 4.92. The molecule has 2 heterocycles. The van der Waals surface area contributed by atoms with Gasteiger partial charge in [0.05, 0.1) is 0 Å². The van der Waals surface area contributed by atoms with E-state index in [1.807, 2.05) is 19.2 Å². The molecule has 0 spiro atoms. The van der Waals surface area contributed by atoms with Crippen LogP contribution in [0.15, 0.2) is 24.5 Å². The van der Waals surface area contributed by atoms with Crippen LogP contribution in [0.1, 0.15) is 56.1 Å². The zero-order valence-electron chi connectivity index (χ0n) is 18.7. The molecule has 0 bridgehead atoms. The lowest BCUT2D eigenvalue weighted by Gasteiger charge is -2.31. The lowest BCUT2D eigenvalue weighted by Crippen LogP contribution is -2.45. The van der Waals surface area contributed by atoms with Gasteiger partial charge in [0.2, 0.25) is 0 Å². The van der Waals surface area contributed by atoms with Crippen LogP contribution in [0, 0.1) is 6.92 Å². The summed E-state index contributed by atoms with van der Waals surface area (Å²) in [6, 6.07) is 1.32. The zero-order valence-corrected chi connectivity index (χ0v) is 19.5. The molecule has 0 aliphatic rings. The Kier molecular flexibility index (Phi) is 8.98. The van der Waals surface area contributed by atoms with E-state index in [-0.39, 0.29) is 28.5 Å². The van der Waals surface area contributed by atoms with Gasteiger partial charge in [0.25, 0.3) is 5.91 Å². The Morgan fingerprint density at radius 2 is 1.91 bits per heavy atom. The summed E-state index contributed by atoms with van der Waals surface area (Å²) in [5.41, 5.74) is 0.335. The average molecular weight is 487 g/mol. The molecule has 2 N–H and O–H groups in total. The number of carbonyl (C=O) groups excluding carboxylic acids is 2. The molecule has 2 aromatic rings. The monoisotopic (exact) mass is 486 g/mol. The molecule has 2 rings (SSSR count). The number of carbonyl (C=O) groups is 2. The minimum absolute atomic E-state index is 0.138. The van der Waals surface area contributed by atoms with Crippen LogP contribution in [0.4, 0.5) is 29.6 Å². The van der Waals surface area contributed by atoms with E-state index < -0.39 is 24.2 Å². The van der Waals surface area contributed by atoms with E-state index >= 15 is 0 Å². The van der Waals surface area contributed by atoms with Gasteiger partial charge in [0.1, 0.15) is 34.9 Å². The number of aryl methyl sites for hydroxylation is 1. The predicted molar refractivity (Wildman–Crippen MR) is 119 cm³/mol. The van der Waals surface area contributed by atoms with Crippen molar-refractivity contribution in [3.63, 3.8) is 0 Å². The first kappa shape index (κ1) is 26.3. The van der Waals surface area contributed by atoms with Crippen molar-refractivity contribution in [3.8, 4) is 0 Å². The first-order valence-corrected chi connectivity index (χ1v) is 10.8. The number of rotatable bonds is 8. The van der Waals surface area contributed by atoms with Crippen LogP contribution in [-0.2, 0) is 0 Å². The van der Waals surface area contributed by atoms with Crippen LogP contribution >= 0.6 is 11.6 Å². The molecule has 0 fully saturated rings. The second kappa shape index (κ2) is 11.3. The van der Waals surface area contributed by atoms with Gasteiger partial charge in [-0.2, -0.15) is 13.2 Å². The number of aromatic nitrogens is 3. The summed E-state index contributed by atoms with van der Waals surface area (Å²) in [5, 5.41) is 4.67. The number of pyridine rings is 1. The van der Waals surface area contributed by atoms with Gasteiger partial charge in [-0.15, -0.1) is 0 Å². The van der Waals surface area contributed by atoms with Crippen LogP contribution in [0.5, 0.6) is 0 Å². The summed E-state index contributed by atoms with van der Waals surface area (Å²) in [6.45, 7) is 6.40. The molecule has 33 heavy (non-hydrogen) atoms. The summed E-state index contributed by atoms with van der Waals surface area (Å²) in [6.07, 6.45) is -1.42. The fourth-order valence-corrected chi connectivity index (χ4v) is 3.24. The Morgan fingerprint density at radius 1 is 1.21 bits per heavy atom. The number of anilines is 2. The van der Waals surface area contributed by atoms with Crippen molar-refractivity contribution < 1.29 is 22.8 Å². The molecular weight excluding hydrogens is 461 g/mol. The predicted octanol–water partition coefficient (Wildman–Crippen LogP) is 5.13. The average Bonchev–Trinajstić information content (AvgIpc) is 2.73. The number of hydrogen-bond donors (Lipinski definition) is 2. The minimum Gasteiger partial charge on any atom is -0.339 e. The topological polar surface area (TPSA) is 100 Å². The molecule has 0 aromatic carbocycles. The van der Waals surface area contributed by atoms with Gasteiger partial charge in [-0.3, -0.25) is 15.0 Å². The fraction of sp³-hybridized carbons (Fsp3) is 0.476. The van der Waals surface area contributed by atoms with Gasteiger partial charge in [-0.05, 0) is 38.3 Å². The van der Waals surface area contributed by atoms with Gasteiger partial charge in [-0.25, -0.2) is 19.7 Å². The summed E-state index contributed by atoms with van der Waals surface area (Å²) >= 11 is 5.87. The summed E-state index contributed by atoms with van der Waals surface area (Å²) < 4.78 is 38.6. The number of amides is 3. The number of hydrogen-bond acceptors (Lipinski definition) is 5. The molecule has 8 nitrogen and oxygen atoms in total. The van der Waals surface area contributed by atoms with Gasteiger partial charge in [-0.1, -0.05) is 37.9 Å². The molecule has 3 amide bonds. The lowest BCUT2D eigenvalue weighted by atomic mass is 10.1. The number of alkyl halides is 3. The van der Waals surface area contributed by atoms with E-state index in [1.54, 1.807) is 6.92 Å². The minimum atomic E-state index is -4.59. The van der Waals surface area contributed by atoms with E-state index in [1.165, 1.54) is 29.4 Å². The molecule has 2 atom stereocenters. The van der Waals surface area contributed by atoms with Crippen LogP contribution in [0.2, 0.25) is 5.15 Å². The van der Waals surface area contributed by atoms with E-state index in [4.69, 9.17) is 11.6 Å². The van der Waals surface area contributed by atoms with Crippen molar-refractivity contribution in [2.24, 2.45) is 0 Å². The van der Waals surface area contributed by atoms with E-state index in [2.05, 4.69) is 20.3 Å². The number of nitrogens with one attached hydrogen (secondary N) is 2. The van der Waals surface area contributed by atoms with E-state index in [0.29, 0.717) is 18.4 Å². The quantitative estimate of drug-likeness (QED) is 0.504. The number of urea groups is 1. The summed E-state index contributed by atoms with van der Waals surface area (Å²) in [4.78, 5) is 39.1. The Bertz CT molecular complexity index is 989. The summed E-state index contributed by atoms with van der Waals surface area (Å²) in [5.74, 6) is -0.658. The Morgan fingerprint density at radius 3 is 2.48 bits per heavy atom. The maximum atomic E-state index is 13.3. The highest BCUT2D eigenvalue weighted by Crippen LogP contribution is 2.26. The van der Waals surface area contributed by atoms with Crippen LogP contribution in [0.3, 0.4) is 0 Å². The van der Waals surface area contributed by atoms with Gasteiger partial charge in [0.15, 0.2) is 0 Å². The van der Waals surface area contributed by atoms with E-state index in [0.717, 1.165) is 13.3 Å². The zero-order chi connectivity index (χ0) is 24.8. The fourth-order valence-electron chi connectivity index (χ4n) is 3.10. The molecular formula is C21H26ClF3N6O2. The normalized spacial score (nSPS) is 13.2. The second-order valence-corrected chi connectivity index (χ2v) is 7.84. The van der Waals surface area contributed by atoms with Crippen LogP contribution in [0.25, 0.3) is 0 Å². The molecule has 2 aromatic heterocycles. The molecule has 0 aliphatic carbocycles. The Labute approximate surface area is 195 Å². The first-order chi connectivity index (χ1) is 15.5. The Hall–Kier alpha value is -2.95.